The summed E-state index contributed by atoms with van der Waals surface area (Å²) in [6.07, 6.45) is 3.49. The number of hydrogen-bond acceptors (Lipinski definition) is 7. The Morgan fingerprint density at radius 2 is 1.73 bits per heavy atom. The minimum absolute atomic E-state index is 0.0463. The average Bonchev–Trinajstić information content (AvgIpc) is 3.61. The molecule has 0 radical (unpaired) electrons. The van der Waals surface area contributed by atoms with Gasteiger partial charge in [0.1, 0.15) is 5.82 Å². The summed E-state index contributed by atoms with van der Waals surface area (Å²) in [5.41, 5.74) is 3.17. The van der Waals surface area contributed by atoms with E-state index in [1.165, 1.54) is 27.8 Å². The number of fused-ring (bicyclic) bond motifs is 2. The van der Waals surface area contributed by atoms with Crippen molar-refractivity contribution < 1.29 is 18.3 Å². The van der Waals surface area contributed by atoms with Gasteiger partial charge in [0.15, 0.2) is 0 Å². The van der Waals surface area contributed by atoms with Gasteiger partial charge in [0, 0.05) is 73.3 Å². The van der Waals surface area contributed by atoms with Crippen molar-refractivity contribution in [2.24, 2.45) is 0 Å². The van der Waals surface area contributed by atoms with Gasteiger partial charge in [0.25, 0.3) is 0 Å². The molecule has 0 atom stereocenters. The third-order valence-electron chi connectivity index (χ3n) is 8.15. The molecule has 12 heteroatoms. The summed E-state index contributed by atoms with van der Waals surface area (Å²) >= 11 is 7.45. The number of carboxylic acids is 1. The number of aliphatic carboxylic acids is 1. The first kappa shape index (κ1) is 30.5. The topological polar surface area (TPSA) is 108 Å². The zero-order valence-corrected chi connectivity index (χ0v) is 26.5. The highest BCUT2D eigenvalue weighted by molar-refractivity contribution is 7.89. The summed E-state index contributed by atoms with van der Waals surface area (Å²) in [6.45, 7) is 5.28. The maximum absolute atomic E-state index is 12.7. The van der Waals surface area contributed by atoms with E-state index in [9.17, 15) is 18.3 Å². The van der Waals surface area contributed by atoms with E-state index in [4.69, 9.17) is 16.0 Å². The van der Waals surface area contributed by atoms with E-state index < -0.39 is 16.0 Å². The first-order valence-electron chi connectivity index (χ1n) is 14.7. The van der Waals surface area contributed by atoms with Gasteiger partial charge in [-0.15, -0.1) is 0 Å². The van der Waals surface area contributed by atoms with Gasteiger partial charge < -0.3 is 14.6 Å². The van der Waals surface area contributed by atoms with Crippen LogP contribution in [0.15, 0.2) is 77.8 Å². The fraction of sp³-hybridized carbons (Fsp3) is 0.312. The summed E-state index contributed by atoms with van der Waals surface area (Å²) in [5.74, 6) is 0.249. The number of nitrogens with one attached hydrogen (secondary N) is 1. The number of hydrogen-bond donors (Lipinski definition) is 2. The average molecular weight is 652 g/mol. The van der Waals surface area contributed by atoms with E-state index in [-0.39, 0.29) is 17.9 Å². The Bertz CT molecular complexity index is 1880. The molecule has 2 N–H and O–H groups in total. The molecule has 0 unspecified atom stereocenters. The Kier molecular flexibility index (Phi) is 9.20. The Morgan fingerprint density at radius 1 is 0.955 bits per heavy atom. The number of rotatable bonds is 12. The minimum atomic E-state index is -3.64. The monoisotopic (exact) mass is 651 g/mol. The van der Waals surface area contributed by atoms with Gasteiger partial charge in [0.05, 0.1) is 16.0 Å². The van der Waals surface area contributed by atoms with Crippen LogP contribution in [0.5, 0.6) is 0 Å². The summed E-state index contributed by atoms with van der Waals surface area (Å²) < 4.78 is 36.0. The van der Waals surface area contributed by atoms with E-state index in [2.05, 4.69) is 45.0 Å². The van der Waals surface area contributed by atoms with Crippen LogP contribution in [0.1, 0.15) is 17.5 Å². The molecule has 0 saturated carbocycles. The number of anilines is 1. The lowest BCUT2D eigenvalue weighted by Gasteiger charge is -2.35. The van der Waals surface area contributed by atoms with Gasteiger partial charge in [-0.2, -0.15) is 4.37 Å². The van der Waals surface area contributed by atoms with Crippen molar-refractivity contribution in [1.29, 1.82) is 0 Å². The van der Waals surface area contributed by atoms with Crippen molar-refractivity contribution in [3.8, 4) is 0 Å². The normalized spacial score (nSPS) is 14.5. The van der Waals surface area contributed by atoms with E-state index in [0.29, 0.717) is 18.0 Å². The van der Waals surface area contributed by atoms with Gasteiger partial charge in [-0.1, -0.05) is 29.8 Å². The Morgan fingerprint density at radius 3 is 2.50 bits per heavy atom. The summed E-state index contributed by atoms with van der Waals surface area (Å²) in [6, 6.07) is 20.6. The molecule has 1 aliphatic rings. The zero-order chi connectivity index (χ0) is 30.7. The van der Waals surface area contributed by atoms with Crippen LogP contribution in [0, 0.1) is 0 Å². The molecule has 0 spiro atoms. The number of carbonyl (C=O) groups is 1. The first-order chi connectivity index (χ1) is 21.3. The highest BCUT2D eigenvalue weighted by atomic mass is 35.5. The fourth-order valence-corrected chi connectivity index (χ4v) is 7.72. The third kappa shape index (κ3) is 6.92. The molecule has 44 heavy (non-hydrogen) atoms. The lowest BCUT2D eigenvalue weighted by molar-refractivity contribution is -0.137. The molecule has 9 nitrogen and oxygen atoms in total. The minimum Gasteiger partial charge on any atom is -0.481 e. The molecule has 6 rings (SSSR count). The van der Waals surface area contributed by atoms with Crippen molar-refractivity contribution in [3.05, 3.63) is 89.1 Å². The third-order valence-corrected chi connectivity index (χ3v) is 10.7. The lowest BCUT2D eigenvalue weighted by Crippen LogP contribution is -2.47. The van der Waals surface area contributed by atoms with Crippen LogP contribution in [-0.2, 0) is 34.2 Å². The predicted octanol–water partition coefficient (Wildman–Crippen LogP) is 5.26. The largest absolute Gasteiger partial charge is 0.481 e. The van der Waals surface area contributed by atoms with Crippen LogP contribution in [0.4, 0.5) is 5.82 Å². The zero-order valence-electron chi connectivity index (χ0n) is 24.2. The molecule has 0 aliphatic carbocycles. The van der Waals surface area contributed by atoms with Crippen LogP contribution in [-0.4, -0.2) is 72.6 Å². The Balaban J connectivity index is 1.11. The molecule has 230 valence electrons. The maximum atomic E-state index is 12.7. The number of piperazine rings is 1. The SMILES string of the molecule is O=C(O)CCn1cc(CCN2CCN(c3nsc4ccccc34)CC2)c2cc(CCNS(=O)(=O)c3ccc(Cl)cc3)ccc21. The number of benzene rings is 3. The number of halogens is 1. The molecule has 1 aliphatic heterocycles. The van der Waals surface area contributed by atoms with Gasteiger partial charge in [-0.05, 0) is 84.0 Å². The highest BCUT2D eigenvalue weighted by Gasteiger charge is 2.21. The van der Waals surface area contributed by atoms with Crippen LogP contribution in [0.2, 0.25) is 5.02 Å². The number of sulfonamides is 1. The second-order valence-electron chi connectivity index (χ2n) is 11.0. The van der Waals surface area contributed by atoms with Crippen LogP contribution >= 0.6 is 23.1 Å². The van der Waals surface area contributed by atoms with Crippen molar-refractivity contribution >= 4 is 65.9 Å². The molecule has 1 saturated heterocycles. The van der Waals surface area contributed by atoms with Crippen LogP contribution in [0.25, 0.3) is 21.0 Å². The van der Waals surface area contributed by atoms with E-state index >= 15 is 0 Å². The van der Waals surface area contributed by atoms with Crippen molar-refractivity contribution in [2.75, 3.05) is 44.2 Å². The lowest BCUT2D eigenvalue weighted by atomic mass is 10.1. The quantitative estimate of drug-likeness (QED) is 0.189. The molecule has 3 aromatic carbocycles. The summed E-state index contributed by atoms with van der Waals surface area (Å²) in [5, 5.41) is 12.1. The number of carboxylic acid groups (broad SMARTS) is 1. The van der Waals surface area contributed by atoms with E-state index in [1.807, 2.05) is 22.8 Å². The second kappa shape index (κ2) is 13.3. The van der Waals surface area contributed by atoms with Gasteiger partial charge in [0.2, 0.25) is 10.0 Å². The number of nitrogens with zero attached hydrogens (tertiary/aromatic N) is 4. The molecular weight excluding hydrogens is 618 g/mol. The molecule has 2 aromatic heterocycles. The Hall–Kier alpha value is -3.48. The molecule has 0 bridgehead atoms. The van der Waals surface area contributed by atoms with Crippen LogP contribution in [0.3, 0.4) is 0 Å². The summed E-state index contributed by atoms with van der Waals surface area (Å²) in [4.78, 5) is 16.3. The van der Waals surface area contributed by atoms with Crippen molar-refractivity contribution in [2.45, 2.75) is 30.7 Å². The van der Waals surface area contributed by atoms with Gasteiger partial charge in [-0.25, -0.2) is 13.1 Å². The Labute approximate surface area is 265 Å². The van der Waals surface area contributed by atoms with E-state index in [0.717, 1.165) is 61.4 Å². The van der Waals surface area contributed by atoms with Crippen molar-refractivity contribution in [1.82, 2.24) is 18.6 Å². The highest BCUT2D eigenvalue weighted by Crippen LogP contribution is 2.30. The van der Waals surface area contributed by atoms with E-state index in [1.54, 1.807) is 23.7 Å². The number of aromatic nitrogens is 2. The second-order valence-corrected chi connectivity index (χ2v) is 14.0. The molecule has 3 heterocycles. The molecular formula is C32H34ClN5O4S2. The smallest absolute Gasteiger partial charge is 0.305 e. The van der Waals surface area contributed by atoms with Crippen LogP contribution < -0.4 is 9.62 Å². The number of aryl methyl sites for hydroxylation is 1. The standard InChI is InChI=1S/C32H34ClN5O4S2/c33-25-6-8-26(9-7-25)44(41,42)34-14-11-23-5-10-29-28(21-23)24(22-38(29)16-13-31(39)40)12-15-36-17-19-37(20-18-36)32-27-3-1-2-4-30(27)43-35-32/h1-10,21-22,34H,11-20H2,(H,39,40). The molecule has 0 amide bonds. The first-order valence-corrected chi connectivity index (χ1v) is 17.3. The fourth-order valence-electron chi connectivity index (χ4n) is 5.76. The molecule has 5 aromatic rings. The predicted molar refractivity (Wildman–Crippen MR) is 177 cm³/mol. The molecule has 1 fully saturated rings. The summed E-state index contributed by atoms with van der Waals surface area (Å²) in [7, 11) is -3.64. The maximum Gasteiger partial charge on any atom is 0.305 e. The van der Waals surface area contributed by atoms with Crippen molar-refractivity contribution in [3.63, 3.8) is 0 Å². The van der Waals surface area contributed by atoms with Gasteiger partial charge in [-0.3, -0.25) is 9.69 Å². The van der Waals surface area contributed by atoms with Gasteiger partial charge >= 0.3 is 5.97 Å².